The number of morpholine rings is 1. The Morgan fingerprint density at radius 2 is 2.25 bits per heavy atom. The highest BCUT2D eigenvalue weighted by Crippen LogP contribution is 2.29. The minimum Gasteiger partial charge on any atom is -0.377 e. The fraction of sp³-hybridized carbons (Fsp3) is 0.500. The van der Waals surface area contributed by atoms with Crippen LogP contribution in [-0.2, 0) is 4.74 Å². The molecule has 1 saturated heterocycles. The molecular weight excluding hydrogens is 268 g/mol. The normalized spacial score (nSPS) is 20.8. The number of nitrogens with zero attached hydrogens (tertiary/aromatic N) is 1. The summed E-state index contributed by atoms with van der Waals surface area (Å²) in [6.07, 6.45) is 0.182. The lowest BCUT2D eigenvalue weighted by Gasteiger charge is -2.25. The summed E-state index contributed by atoms with van der Waals surface area (Å²) < 4.78 is 6.84. The second-order valence-electron chi connectivity index (χ2n) is 4.17. The van der Waals surface area contributed by atoms with E-state index in [2.05, 4.69) is 44.3 Å². The maximum atomic E-state index is 5.72. The molecule has 1 aromatic carbocycles. The van der Waals surface area contributed by atoms with E-state index in [4.69, 9.17) is 4.74 Å². The molecule has 0 saturated carbocycles. The molecule has 2 rings (SSSR count). The lowest BCUT2D eigenvalue weighted by atomic mass is 10.1. The van der Waals surface area contributed by atoms with Gasteiger partial charge in [-0.2, -0.15) is 0 Å². The predicted octanol–water partition coefficient (Wildman–Crippen LogP) is 2.18. The third kappa shape index (κ3) is 2.56. The number of halogens is 1. The molecule has 1 heterocycles. The molecule has 1 aliphatic heterocycles. The predicted molar refractivity (Wildman–Crippen MR) is 70.0 cm³/mol. The summed E-state index contributed by atoms with van der Waals surface area (Å²) in [5, 5.41) is 3.34. The van der Waals surface area contributed by atoms with Crippen LogP contribution < -0.4 is 10.2 Å². The minimum absolute atomic E-state index is 0.182. The lowest BCUT2D eigenvalue weighted by Crippen LogP contribution is -2.33. The van der Waals surface area contributed by atoms with Gasteiger partial charge >= 0.3 is 0 Å². The standard InChI is InChI=1S/C12H17BrN2O/c1-15(2)11-4-3-9(7-10(11)13)12-8-14-5-6-16-12/h3-4,7,12,14H,5-6,8H2,1-2H3. The smallest absolute Gasteiger partial charge is 0.0950 e. The molecule has 1 aromatic rings. The van der Waals surface area contributed by atoms with E-state index in [0.29, 0.717) is 0 Å². The van der Waals surface area contributed by atoms with E-state index < -0.39 is 0 Å². The number of hydrogen-bond acceptors (Lipinski definition) is 3. The van der Waals surface area contributed by atoms with Crippen molar-refractivity contribution in [3.05, 3.63) is 28.2 Å². The van der Waals surface area contributed by atoms with E-state index in [1.807, 2.05) is 14.1 Å². The van der Waals surface area contributed by atoms with Crippen LogP contribution in [0.15, 0.2) is 22.7 Å². The molecule has 3 nitrogen and oxygen atoms in total. The molecule has 0 bridgehead atoms. The first kappa shape index (κ1) is 11.9. The number of benzene rings is 1. The van der Waals surface area contributed by atoms with Crippen LogP contribution >= 0.6 is 15.9 Å². The van der Waals surface area contributed by atoms with Crippen LogP contribution in [-0.4, -0.2) is 33.8 Å². The fourth-order valence-corrected chi connectivity index (χ4v) is 2.62. The van der Waals surface area contributed by atoms with Gasteiger partial charge in [0, 0.05) is 31.7 Å². The zero-order chi connectivity index (χ0) is 11.5. The van der Waals surface area contributed by atoms with Gasteiger partial charge < -0.3 is 15.0 Å². The summed E-state index contributed by atoms with van der Waals surface area (Å²) in [7, 11) is 4.08. The van der Waals surface area contributed by atoms with Crippen LogP contribution in [0, 0.1) is 0 Å². The molecule has 1 fully saturated rings. The Labute approximate surface area is 105 Å². The Kier molecular flexibility index (Phi) is 3.84. The largest absolute Gasteiger partial charge is 0.377 e. The molecule has 0 spiro atoms. The van der Waals surface area contributed by atoms with Crippen LogP contribution in [0.4, 0.5) is 5.69 Å². The second-order valence-corrected chi connectivity index (χ2v) is 5.02. The molecule has 0 aliphatic carbocycles. The van der Waals surface area contributed by atoms with Gasteiger partial charge in [-0.15, -0.1) is 0 Å². The topological polar surface area (TPSA) is 24.5 Å². The fourth-order valence-electron chi connectivity index (χ4n) is 1.87. The van der Waals surface area contributed by atoms with Gasteiger partial charge in [0.2, 0.25) is 0 Å². The summed E-state index contributed by atoms with van der Waals surface area (Å²) in [5.41, 5.74) is 2.41. The van der Waals surface area contributed by atoms with E-state index in [1.165, 1.54) is 11.3 Å². The first-order chi connectivity index (χ1) is 7.68. The van der Waals surface area contributed by atoms with Crippen molar-refractivity contribution in [1.82, 2.24) is 5.32 Å². The maximum Gasteiger partial charge on any atom is 0.0950 e. The Morgan fingerprint density at radius 1 is 1.44 bits per heavy atom. The molecule has 0 radical (unpaired) electrons. The summed E-state index contributed by atoms with van der Waals surface area (Å²) in [4.78, 5) is 2.09. The van der Waals surface area contributed by atoms with E-state index in [0.717, 1.165) is 24.2 Å². The first-order valence-corrected chi connectivity index (χ1v) is 6.27. The van der Waals surface area contributed by atoms with E-state index >= 15 is 0 Å². The van der Waals surface area contributed by atoms with Crippen molar-refractivity contribution in [2.45, 2.75) is 6.10 Å². The van der Waals surface area contributed by atoms with Crippen LogP contribution in [0.2, 0.25) is 0 Å². The summed E-state index contributed by atoms with van der Waals surface area (Å²) in [6, 6.07) is 6.40. The third-order valence-corrected chi connectivity index (χ3v) is 3.39. The highest BCUT2D eigenvalue weighted by atomic mass is 79.9. The number of rotatable bonds is 2. The number of ether oxygens (including phenoxy) is 1. The maximum absolute atomic E-state index is 5.72. The molecule has 0 amide bonds. The van der Waals surface area contributed by atoms with Crippen LogP contribution in [0.25, 0.3) is 0 Å². The van der Waals surface area contributed by atoms with Gasteiger partial charge in [0.05, 0.1) is 18.4 Å². The van der Waals surface area contributed by atoms with E-state index in [9.17, 15) is 0 Å². The van der Waals surface area contributed by atoms with Gasteiger partial charge in [-0.1, -0.05) is 6.07 Å². The van der Waals surface area contributed by atoms with Crippen molar-refractivity contribution in [3.8, 4) is 0 Å². The summed E-state index contributed by atoms with van der Waals surface area (Å²) in [6.45, 7) is 2.64. The SMILES string of the molecule is CN(C)c1ccc(C2CNCCO2)cc1Br. The Balaban J connectivity index is 2.19. The molecule has 4 heteroatoms. The van der Waals surface area contributed by atoms with Gasteiger partial charge in [0.15, 0.2) is 0 Å². The van der Waals surface area contributed by atoms with Crippen molar-refractivity contribution in [2.75, 3.05) is 38.7 Å². The van der Waals surface area contributed by atoms with Gasteiger partial charge in [-0.25, -0.2) is 0 Å². The third-order valence-electron chi connectivity index (χ3n) is 2.75. The second kappa shape index (κ2) is 5.17. The molecule has 1 aliphatic rings. The van der Waals surface area contributed by atoms with E-state index in [-0.39, 0.29) is 6.10 Å². The average Bonchev–Trinajstić information content (AvgIpc) is 2.29. The van der Waals surface area contributed by atoms with Crippen molar-refractivity contribution < 1.29 is 4.74 Å². The molecule has 0 aromatic heterocycles. The summed E-state index contributed by atoms with van der Waals surface area (Å²) in [5.74, 6) is 0. The average molecular weight is 285 g/mol. The van der Waals surface area contributed by atoms with Crippen LogP contribution in [0.1, 0.15) is 11.7 Å². The van der Waals surface area contributed by atoms with Crippen LogP contribution in [0.5, 0.6) is 0 Å². The highest BCUT2D eigenvalue weighted by Gasteiger charge is 2.16. The van der Waals surface area contributed by atoms with E-state index in [1.54, 1.807) is 0 Å². The Bertz CT molecular complexity index is 362. The number of anilines is 1. The minimum atomic E-state index is 0.182. The monoisotopic (exact) mass is 284 g/mol. The van der Waals surface area contributed by atoms with Gasteiger partial charge in [-0.05, 0) is 33.6 Å². The van der Waals surface area contributed by atoms with Gasteiger partial charge in [0.25, 0.3) is 0 Å². The molecule has 1 unspecified atom stereocenters. The molecule has 88 valence electrons. The lowest BCUT2D eigenvalue weighted by molar-refractivity contribution is 0.0277. The molecule has 1 N–H and O–H groups in total. The summed E-state index contributed by atoms with van der Waals surface area (Å²) >= 11 is 3.60. The van der Waals surface area contributed by atoms with Crippen molar-refractivity contribution >= 4 is 21.6 Å². The number of nitrogens with one attached hydrogen (secondary N) is 1. The highest BCUT2D eigenvalue weighted by molar-refractivity contribution is 9.10. The zero-order valence-corrected chi connectivity index (χ0v) is 11.3. The van der Waals surface area contributed by atoms with Gasteiger partial charge in [-0.3, -0.25) is 0 Å². The quantitative estimate of drug-likeness (QED) is 0.901. The number of hydrogen-bond donors (Lipinski definition) is 1. The van der Waals surface area contributed by atoms with Gasteiger partial charge in [0.1, 0.15) is 0 Å². The molecule has 16 heavy (non-hydrogen) atoms. The zero-order valence-electron chi connectivity index (χ0n) is 9.66. The van der Waals surface area contributed by atoms with Crippen LogP contribution in [0.3, 0.4) is 0 Å². The Hall–Kier alpha value is -0.580. The Morgan fingerprint density at radius 3 is 2.81 bits per heavy atom. The molecular formula is C12H17BrN2O. The molecule has 1 atom stereocenters. The van der Waals surface area contributed by atoms with Crippen molar-refractivity contribution in [1.29, 1.82) is 0 Å². The van der Waals surface area contributed by atoms with Crippen molar-refractivity contribution in [2.24, 2.45) is 0 Å². The van der Waals surface area contributed by atoms with Crippen molar-refractivity contribution in [3.63, 3.8) is 0 Å². The first-order valence-electron chi connectivity index (χ1n) is 5.47.